The number of hydrogen-bond acceptors (Lipinski definition) is 4. The van der Waals surface area contributed by atoms with Crippen LogP contribution in [0.25, 0.3) is 0 Å². The van der Waals surface area contributed by atoms with Crippen LogP contribution in [0.2, 0.25) is 0 Å². The molecule has 1 aromatic heterocycles. The van der Waals surface area contributed by atoms with E-state index in [2.05, 4.69) is 41.6 Å². The molecule has 5 heteroatoms. The van der Waals surface area contributed by atoms with Crippen LogP contribution in [0.15, 0.2) is 60.8 Å². The summed E-state index contributed by atoms with van der Waals surface area (Å²) in [5, 5.41) is 6.21. The van der Waals surface area contributed by atoms with Crippen molar-refractivity contribution in [3.8, 4) is 5.75 Å². The zero-order valence-corrected chi connectivity index (χ0v) is 15.7. The van der Waals surface area contributed by atoms with Gasteiger partial charge in [-0.3, -0.25) is 9.78 Å². The Balaban J connectivity index is 1.69. The number of nitrogens with one attached hydrogen (secondary N) is 2. The molecule has 0 bridgehead atoms. The van der Waals surface area contributed by atoms with E-state index in [9.17, 15) is 4.79 Å². The third-order valence-electron chi connectivity index (χ3n) is 4.42. The number of methoxy groups -OCH3 is 1. The summed E-state index contributed by atoms with van der Waals surface area (Å²) in [5.41, 5.74) is 5.52. The molecular formula is C22H23N3O2. The molecule has 1 amide bonds. The zero-order chi connectivity index (χ0) is 19.2. The van der Waals surface area contributed by atoms with Crippen LogP contribution < -0.4 is 15.4 Å². The number of aromatic nitrogens is 1. The molecule has 0 atom stereocenters. The predicted molar refractivity (Wildman–Crippen MR) is 108 cm³/mol. The molecule has 0 spiro atoms. The van der Waals surface area contributed by atoms with Crippen LogP contribution in [0.4, 0.5) is 11.4 Å². The number of amides is 1. The van der Waals surface area contributed by atoms with E-state index in [1.54, 1.807) is 19.4 Å². The fourth-order valence-corrected chi connectivity index (χ4v) is 2.73. The van der Waals surface area contributed by atoms with Gasteiger partial charge in [0.25, 0.3) is 5.91 Å². The van der Waals surface area contributed by atoms with Crippen molar-refractivity contribution < 1.29 is 9.53 Å². The average Bonchev–Trinajstić information content (AvgIpc) is 2.69. The fraction of sp³-hybridized carbons (Fsp3) is 0.182. The number of rotatable bonds is 6. The summed E-state index contributed by atoms with van der Waals surface area (Å²) in [4.78, 5) is 16.7. The van der Waals surface area contributed by atoms with E-state index in [-0.39, 0.29) is 5.91 Å². The smallest absolute Gasteiger partial charge is 0.270 e. The minimum absolute atomic E-state index is 0.232. The Hall–Kier alpha value is -3.34. The Morgan fingerprint density at radius 1 is 1.00 bits per heavy atom. The Bertz CT molecular complexity index is 954. The molecule has 0 aliphatic carbocycles. The van der Waals surface area contributed by atoms with Crippen LogP contribution in [-0.2, 0) is 6.54 Å². The second kappa shape index (κ2) is 8.36. The third kappa shape index (κ3) is 4.64. The normalized spacial score (nSPS) is 10.3. The highest BCUT2D eigenvalue weighted by Crippen LogP contribution is 2.20. The number of carbonyl (C=O) groups excluding carboxylic acids is 1. The van der Waals surface area contributed by atoms with Crippen LogP contribution in [0, 0.1) is 13.8 Å². The summed E-state index contributed by atoms with van der Waals surface area (Å²) in [7, 11) is 1.62. The Morgan fingerprint density at radius 2 is 1.78 bits per heavy atom. The lowest BCUT2D eigenvalue weighted by atomic mass is 10.1. The van der Waals surface area contributed by atoms with E-state index in [4.69, 9.17) is 4.74 Å². The van der Waals surface area contributed by atoms with E-state index in [1.165, 1.54) is 11.1 Å². The van der Waals surface area contributed by atoms with Crippen molar-refractivity contribution in [3.05, 3.63) is 83.2 Å². The molecular weight excluding hydrogens is 338 g/mol. The van der Waals surface area contributed by atoms with Gasteiger partial charge in [0.15, 0.2) is 0 Å². The topological polar surface area (TPSA) is 63.2 Å². The number of ether oxygens (including phenoxy) is 1. The molecule has 0 saturated heterocycles. The highest BCUT2D eigenvalue weighted by atomic mass is 16.5. The second-order valence-electron chi connectivity index (χ2n) is 6.35. The van der Waals surface area contributed by atoms with Gasteiger partial charge in [0.05, 0.1) is 7.11 Å². The largest absolute Gasteiger partial charge is 0.496 e. The first kappa shape index (κ1) is 18.5. The van der Waals surface area contributed by atoms with E-state index in [0.717, 1.165) is 22.7 Å². The molecule has 3 aromatic rings. The van der Waals surface area contributed by atoms with Crippen LogP contribution in [0.3, 0.4) is 0 Å². The van der Waals surface area contributed by atoms with Crippen molar-refractivity contribution in [3.63, 3.8) is 0 Å². The van der Waals surface area contributed by atoms with Gasteiger partial charge in [-0.15, -0.1) is 0 Å². The number of hydrogen-bond donors (Lipinski definition) is 2. The number of nitrogens with zero attached hydrogens (tertiary/aromatic N) is 1. The molecule has 1 heterocycles. The Labute approximate surface area is 159 Å². The summed E-state index contributed by atoms with van der Waals surface area (Å²) in [6.45, 7) is 4.53. The predicted octanol–water partition coefficient (Wildman–Crippen LogP) is 4.38. The van der Waals surface area contributed by atoms with Gasteiger partial charge in [-0.25, -0.2) is 0 Å². The number of pyridine rings is 1. The van der Waals surface area contributed by atoms with Crippen molar-refractivity contribution in [2.24, 2.45) is 0 Å². The van der Waals surface area contributed by atoms with Gasteiger partial charge < -0.3 is 15.4 Å². The maximum absolute atomic E-state index is 12.5. The molecule has 0 unspecified atom stereocenters. The van der Waals surface area contributed by atoms with Gasteiger partial charge in [0.2, 0.25) is 0 Å². The van der Waals surface area contributed by atoms with Gasteiger partial charge in [-0.05, 0) is 55.3 Å². The molecule has 0 saturated carbocycles. The second-order valence-corrected chi connectivity index (χ2v) is 6.35. The summed E-state index contributed by atoms with van der Waals surface area (Å²) in [6, 6.07) is 17.3. The summed E-state index contributed by atoms with van der Waals surface area (Å²) >= 11 is 0. The molecule has 2 N–H and O–H groups in total. The van der Waals surface area contributed by atoms with Crippen molar-refractivity contribution >= 4 is 17.3 Å². The number of aryl methyl sites for hydroxylation is 2. The van der Waals surface area contributed by atoms with Crippen LogP contribution in [-0.4, -0.2) is 18.0 Å². The summed E-state index contributed by atoms with van der Waals surface area (Å²) < 4.78 is 5.31. The first-order valence-corrected chi connectivity index (χ1v) is 8.77. The first-order valence-electron chi connectivity index (χ1n) is 8.77. The first-order chi connectivity index (χ1) is 13.1. The Morgan fingerprint density at radius 3 is 2.56 bits per heavy atom. The summed E-state index contributed by atoms with van der Waals surface area (Å²) in [5.74, 6) is 0.514. The lowest BCUT2D eigenvalue weighted by Gasteiger charge is -2.11. The lowest BCUT2D eigenvalue weighted by molar-refractivity contribution is 0.0945. The third-order valence-corrected chi connectivity index (χ3v) is 4.42. The van der Waals surface area contributed by atoms with E-state index >= 15 is 0 Å². The molecule has 0 fully saturated rings. The molecule has 138 valence electrons. The van der Waals surface area contributed by atoms with Gasteiger partial charge in [0, 0.05) is 29.7 Å². The minimum Gasteiger partial charge on any atom is -0.496 e. The quantitative estimate of drug-likeness (QED) is 0.684. The number of para-hydroxylation sites is 1. The van der Waals surface area contributed by atoms with Crippen molar-refractivity contribution in [2.75, 3.05) is 12.4 Å². The Kier molecular flexibility index (Phi) is 5.71. The SMILES string of the molecule is COc1ccccc1CNC(=O)c1cc(Nc2ccc(C)c(C)c2)ccn1. The maximum atomic E-state index is 12.5. The lowest BCUT2D eigenvalue weighted by Crippen LogP contribution is -2.24. The van der Waals surface area contributed by atoms with Crippen molar-refractivity contribution in [1.82, 2.24) is 10.3 Å². The molecule has 0 radical (unpaired) electrons. The van der Waals surface area contributed by atoms with Gasteiger partial charge in [0.1, 0.15) is 11.4 Å². The highest BCUT2D eigenvalue weighted by molar-refractivity contribution is 5.93. The van der Waals surface area contributed by atoms with Gasteiger partial charge in [-0.2, -0.15) is 0 Å². The minimum atomic E-state index is -0.232. The fourth-order valence-electron chi connectivity index (χ4n) is 2.73. The van der Waals surface area contributed by atoms with Crippen LogP contribution >= 0.6 is 0 Å². The maximum Gasteiger partial charge on any atom is 0.270 e. The monoisotopic (exact) mass is 361 g/mol. The van der Waals surface area contributed by atoms with Crippen LogP contribution in [0.1, 0.15) is 27.2 Å². The molecule has 5 nitrogen and oxygen atoms in total. The standard InChI is InChI=1S/C22H23N3O2/c1-15-8-9-18(12-16(15)2)25-19-10-11-23-20(13-19)22(26)24-14-17-6-4-5-7-21(17)27-3/h4-13H,14H2,1-3H3,(H,23,25)(H,24,26). The van der Waals surface area contributed by atoms with Gasteiger partial charge in [-0.1, -0.05) is 24.3 Å². The van der Waals surface area contributed by atoms with Gasteiger partial charge >= 0.3 is 0 Å². The van der Waals surface area contributed by atoms with Crippen LogP contribution in [0.5, 0.6) is 5.75 Å². The van der Waals surface area contributed by atoms with Crippen molar-refractivity contribution in [2.45, 2.75) is 20.4 Å². The van der Waals surface area contributed by atoms with E-state index in [0.29, 0.717) is 12.2 Å². The number of benzene rings is 2. The van der Waals surface area contributed by atoms with E-state index in [1.807, 2.05) is 36.4 Å². The highest BCUT2D eigenvalue weighted by Gasteiger charge is 2.10. The molecule has 2 aromatic carbocycles. The molecule has 27 heavy (non-hydrogen) atoms. The average molecular weight is 361 g/mol. The number of carbonyl (C=O) groups is 1. The number of anilines is 2. The summed E-state index contributed by atoms with van der Waals surface area (Å²) in [6.07, 6.45) is 1.63. The molecule has 0 aliphatic rings. The molecule has 0 aliphatic heterocycles. The van der Waals surface area contributed by atoms with E-state index < -0.39 is 0 Å². The zero-order valence-electron chi connectivity index (χ0n) is 15.7. The molecule has 3 rings (SSSR count). The van der Waals surface area contributed by atoms with Crippen molar-refractivity contribution in [1.29, 1.82) is 0 Å².